The minimum absolute atomic E-state index is 0.0555. The molecule has 0 saturated heterocycles. The third-order valence-corrected chi connectivity index (χ3v) is 2.36. The van der Waals surface area contributed by atoms with Crippen LogP contribution in [0.1, 0.15) is 38.1 Å². The van der Waals surface area contributed by atoms with Crippen LogP contribution in [-0.4, -0.2) is 24.5 Å². The monoisotopic (exact) mass is 249 g/mol. The van der Waals surface area contributed by atoms with Crippen LogP contribution >= 0.6 is 0 Å². The second kappa shape index (κ2) is 5.21. The lowest BCUT2D eigenvalue weighted by atomic mass is 10.1. The summed E-state index contributed by atoms with van der Waals surface area (Å²) >= 11 is 0. The number of hydrogen-bond donors (Lipinski definition) is 0. The zero-order valence-corrected chi connectivity index (χ0v) is 11.5. The Morgan fingerprint density at radius 2 is 1.61 bits per heavy atom. The molecule has 0 fully saturated rings. The Morgan fingerprint density at radius 1 is 1.11 bits per heavy atom. The van der Waals surface area contributed by atoms with Gasteiger partial charge in [0.1, 0.15) is 5.60 Å². The maximum atomic E-state index is 11.8. The van der Waals surface area contributed by atoms with Crippen molar-refractivity contribution < 1.29 is 14.3 Å². The molecule has 0 heterocycles. The quantitative estimate of drug-likeness (QED) is 0.757. The molecule has 4 heteroatoms. The number of anilines is 1. The summed E-state index contributed by atoms with van der Waals surface area (Å²) in [5.74, 6) is -0.417. The molecule has 0 radical (unpaired) electrons. The second-order valence-electron chi connectivity index (χ2n) is 5.13. The normalized spacial score (nSPS) is 10.9. The van der Waals surface area contributed by atoms with Gasteiger partial charge in [-0.2, -0.15) is 0 Å². The van der Waals surface area contributed by atoms with E-state index in [0.29, 0.717) is 5.56 Å². The third kappa shape index (κ3) is 3.87. The highest BCUT2D eigenvalue weighted by Crippen LogP contribution is 2.16. The van der Waals surface area contributed by atoms with Crippen LogP contribution in [0.5, 0.6) is 0 Å². The Labute approximate surface area is 108 Å². The second-order valence-corrected chi connectivity index (χ2v) is 5.13. The van der Waals surface area contributed by atoms with E-state index in [-0.39, 0.29) is 11.9 Å². The molecule has 0 aliphatic carbocycles. The lowest BCUT2D eigenvalue weighted by Crippen LogP contribution is -2.24. The lowest BCUT2D eigenvalue weighted by molar-refractivity contribution is -0.116. The van der Waals surface area contributed by atoms with Crippen molar-refractivity contribution in [1.82, 2.24) is 0 Å². The number of carbonyl (C=O) groups is 2. The van der Waals surface area contributed by atoms with E-state index >= 15 is 0 Å². The number of hydrogen-bond acceptors (Lipinski definition) is 3. The Morgan fingerprint density at radius 3 is 2.00 bits per heavy atom. The summed E-state index contributed by atoms with van der Waals surface area (Å²) in [5.41, 5.74) is 0.715. The van der Waals surface area contributed by atoms with Gasteiger partial charge in [-0.15, -0.1) is 0 Å². The van der Waals surface area contributed by atoms with Crippen LogP contribution in [0.4, 0.5) is 5.69 Å². The van der Waals surface area contributed by atoms with E-state index in [2.05, 4.69) is 0 Å². The van der Waals surface area contributed by atoms with Crippen molar-refractivity contribution in [3.8, 4) is 0 Å². The molecule has 0 aromatic heterocycles. The van der Waals surface area contributed by atoms with E-state index < -0.39 is 5.60 Å². The van der Waals surface area contributed by atoms with Gasteiger partial charge in [0.25, 0.3) is 0 Å². The molecule has 0 spiro atoms. The topological polar surface area (TPSA) is 46.6 Å². The van der Waals surface area contributed by atoms with Gasteiger partial charge < -0.3 is 9.64 Å². The number of rotatable bonds is 2. The van der Waals surface area contributed by atoms with E-state index in [1.54, 1.807) is 31.3 Å². The first kappa shape index (κ1) is 14.2. The molecule has 0 saturated carbocycles. The number of nitrogens with zero attached hydrogens (tertiary/aromatic N) is 1. The smallest absolute Gasteiger partial charge is 0.338 e. The van der Waals surface area contributed by atoms with Gasteiger partial charge in [-0.1, -0.05) is 0 Å². The summed E-state index contributed by atoms with van der Waals surface area (Å²) in [7, 11) is 1.69. The van der Waals surface area contributed by atoms with Gasteiger partial charge in [0.05, 0.1) is 5.56 Å². The molecule has 0 aliphatic heterocycles. The van der Waals surface area contributed by atoms with Gasteiger partial charge in [-0.3, -0.25) is 4.79 Å². The first-order valence-electron chi connectivity index (χ1n) is 5.78. The molecular weight excluding hydrogens is 230 g/mol. The molecule has 0 unspecified atom stereocenters. The van der Waals surface area contributed by atoms with Crippen LogP contribution in [0.2, 0.25) is 0 Å². The SMILES string of the molecule is CC(=O)N(C)c1ccc(C(=O)OC(C)(C)C)cc1. The van der Waals surface area contributed by atoms with Crippen molar-refractivity contribution >= 4 is 17.6 Å². The average Bonchev–Trinajstić information content (AvgIpc) is 2.26. The first-order valence-corrected chi connectivity index (χ1v) is 5.78. The third-order valence-electron chi connectivity index (χ3n) is 2.36. The highest BCUT2D eigenvalue weighted by Gasteiger charge is 2.17. The first-order chi connectivity index (χ1) is 8.20. The van der Waals surface area contributed by atoms with Gasteiger partial charge in [-0.05, 0) is 45.0 Å². The molecule has 1 aromatic rings. The molecule has 98 valence electrons. The van der Waals surface area contributed by atoms with Gasteiger partial charge >= 0.3 is 5.97 Å². The minimum Gasteiger partial charge on any atom is -0.456 e. The highest BCUT2D eigenvalue weighted by atomic mass is 16.6. The maximum Gasteiger partial charge on any atom is 0.338 e. The van der Waals surface area contributed by atoms with Gasteiger partial charge in [0.15, 0.2) is 0 Å². The fourth-order valence-electron chi connectivity index (χ4n) is 1.34. The molecule has 0 bridgehead atoms. The summed E-state index contributed by atoms with van der Waals surface area (Å²) in [4.78, 5) is 24.5. The van der Waals surface area contributed by atoms with Gasteiger partial charge in [-0.25, -0.2) is 4.79 Å². The van der Waals surface area contributed by atoms with Crippen molar-refractivity contribution in [3.05, 3.63) is 29.8 Å². The van der Waals surface area contributed by atoms with Crippen molar-refractivity contribution in [3.63, 3.8) is 0 Å². The van der Waals surface area contributed by atoms with Crippen molar-refractivity contribution in [2.24, 2.45) is 0 Å². The number of amides is 1. The fourth-order valence-corrected chi connectivity index (χ4v) is 1.34. The summed E-state index contributed by atoms with van der Waals surface area (Å²) in [6.45, 7) is 6.95. The molecule has 18 heavy (non-hydrogen) atoms. The number of esters is 1. The van der Waals surface area contributed by atoms with Crippen LogP contribution in [0, 0.1) is 0 Å². The molecule has 4 nitrogen and oxygen atoms in total. The molecule has 1 aromatic carbocycles. The van der Waals surface area contributed by atoms with Crippen molar-refractivity contribution in [1.29, 1.82) is 0 Å². The van der Waals surface area contributed by atoms with E-state index in [4.69, 9.17) is 4.74 Å². The number of benzene rings is 1. The summed E-state index contributed by atoms with van der Waals surface area (Å²) < 4.78 is 5.25. The maximum absolute atomic E-state index is 11.8. The Bertz CT molecular complexity index is 443. The van der Waals surface area contributed by atoms with Crippen molar-refractivity contribution in [2.75, 3.05) is 11.9 Å². The summed E-state index contributed by atoms with van der Waals surface area (Å²) in [6.07, 6.45) is 0. The van der Waals surface area contributed by atoms with Crippen LogP contribution in [0.25, 0.3) is 0 Å². The molecule has 0 aliphatic rings. The predicted octanol–water partition coefficient (Wildman–Crippen LogP) is 2.62. The summed E-state index contributed by atoms with van der Waals surface area (Å²) in [5, 5.41) is 0. The number of carbonyl (C=O) groups excluding carboxylic acids is 2. The highest BCUT2D eigenvalue weighted by molar-refractivity contribution is 5.93. The average molecular weight is 249 g/mol. The zero-order chi connectivity index (χ0) is 13.9. The van der Waals surface area contributed by atoms with E-state index in [1.807, 2.05) is 20.8 Å². The minimum atomic E-state index is -0.508. The van der Waals surface area contributed by atoms with Crippen LogP contribution in [0.15, 0.2) is 24.3 Å². The van der Waals surface area contributed by atoms with Crippen LogP contribution in [-0.2, 0) is 9.53 Å². The fraction of sp³-hybridized carbons (Fsp3) is 0.429. The van der Waals surface area contributed by atoms with Crippen LogP contribution < -0.4 is 4.90 Å². The van der Waals surface area contributed by atoms with Gasteiger partial charge in [0, 0.05) is 19.7 Å². The molecular formula is C14H19NO3. The van der Waals surface area contributed by atoms with Crippen LogP contribution in [0.3, 0.4) is 0 Å². The van der Waals surface area contributed by atoms with E-state index in [1.165, 1.54) is 11.8 Å². The summed E-state index contributed by atoms with van der Waals surface area (Å²) in [6, 6.07) is 6.76. The van der Waals surface area contributed by atoms with E-state index in [0.717, 1.165) is 5.69 Å². The standard InChI is InChI=1S/C14H19NO3/c1-10(16)15(5)12-8-6-11(7-9-12)13(17)18-14(2,3)4/h6-9H,1-5H3. The Balaban J connectivity index is 2.83. The zero-order valence-electron chi connectivity index (χ0n) is 11.5. The number of ether oxygens (including phenoxy) is 1. The van der Waals surface area contributed by atoms with Crippen molar-refractivity contribution in [2.45, 2.75) is 33.3 Å². The van der Waals surface area contributed by atoms with E-state index in [9.17, 15) is 9.59 Å². The Kier molecular flexibility index (Phi) is 4.11. The molecule has 1 amide bonds. The predicted molar refractivity (Wildman–Crippen MR) is 70.7 cm³/mol. The lowest BCUT2D eigenvalue weighted by Gasteiger charge is -2.20. The van der Waals surface area contributed by atoms with Gasteiger partial charge in [0.2, 0.25) is 5.91 Å². The molecule has 0 atom stereocenters. The molecule has 0 N–H and O–H groups in total. The largest absolute Gasteiger partial charge is 0.456 e. The Hall–Kier alpha value is -1.84. The molecule has 1 rings (SSSR count).